The van der Waals surface area contributed by atoms with Crippen molar-refractivity contribution in [1.29, 1.82) is 0 Å². The van der Waals surface area contributed by atoms with Crippen molar-refractivity contribution in [3.05, 3.63) is 23.8 Å². The highest BCUT2D eigenvalue weighted by molar-refractivity contribution is 7.89. The number of hydrogen-bond donors (Lipinski definition) is 0. The third-order valence-corrected chi connectivity index (χ3v) is 6.02. The molecule has 7 nitrogen and oxygen atoms in total. The summed E-state index contributed by atoms with van der Waals surface area (Å²) >= 11 is 0. The van der Waals surface area contributed by atoms with Crippen molar-refractivity contribution < 1.29 is 22.7 Å². The van der Waals surface area contributed by atoms with Crippen LogP contribution in [0.3, 0.4) is 0 Å². The number of rotatable bonds is 6. The molecule has 25 heavy (non-hydrogen) atoms. The molecule has 0 N–H and O–H groups in total. The highest BCUT2D eigenvalue weighted by atomic mass is 32.2. The Kier molecular flexibility index (Phi) is 6.66. The number of hydrogen-bond acceptors (Lipinski definition) is 5. The Labute approximate surface area is 149 Å². The number of aryl methyl sites for hydroxylation is 1. The molecule has 0 aliphatic carbocycles. The van der Waals surface area contributed by atoms with Gasteiger partial charge in [-0.15, -0.1) is 0 Å². The van der Waals surface area contributed by atoms with Gasteiger partial charge in [0.15, 0.2) is 0 Å². The molecule has 1 fully saturated rings. The van der Waals surface area contributed by atoms with E-state index in [-0.39, 0.29) is 18.0 Å². The third-order valence-electron chi connectivity index (χ3n) is 4.10. The third kappa shape index (κ3) is 4.43. The Bertz CT molecular complexity index is 697. The zero-order chi connectivity index (χ0) is 18.4. The van der Waals surface area contributed by atoms with Crippen molar-refractivity contribution in [3.63, 3.8) is 0 Å². The molecule has 1 aromatic carbocycles. The molecule has 1 heterocycles. The molecule has 1 amide bonds. The molecule has 1 aromatic rings. The van der Waals surface area contributed by atoms with Gasteiger partial charge in [0.2, 0.25) is 10.0 Å². The number of ether oxygens (including phenoxy) is 2. The van der Waals surface area contributed by atoms with Crippen LogP contribution in [0.15, 0.2) is 23.1 Å². The van der Waals surface area contributed by atoms with Crippen LogP contribution in [-0.2, 0) is 21.2 Å². The van der Waals surface area contributed by atoms with Gasteiger partial charge in [-0.05, 0) is 38.0 Å². The quantitative estimate of drug-likeness (QED) is 0.767. The number of piperazine rings is 1. The fraction of sp³-hybridized carbons (Fsp3) is 0.588. The zero-order valence-corrected chi connectivity index (χ0v) is 15.8. The molecule has 1 saturated heterocycles. The fourth-order valence-electron chi connectivity index (χ4n) is 2.71. The van der Waals surface area contributed by atoms with Crippen molar-refractivity contribution in [1.82, 2.24) is 9.21 Å². The van der Waals surface area contributed by atoms with Crippen molar-refractivity contribution in [3.8, 4) is 5.75 Å². The summed E-state index contributed by atoms with van der Waals surface area (Å²) in [5.74, 6) is 0.368. The van der Waals surface area contributed by atoms with E-state index >= 15 is 0 Å². The van der Waals surface area contributed by atoms with Gasteiger partial charge >= 0.3 is 6.09 Å². The zero-order valence-electron chi connectivity index (χ0n) is 15.0. The van der Waals surface area contributed by atoms with Gasteiger partial charge in [0, 0.05) is 26.2 Å². The lowest BCUT2D eigenvalue weighted by Crippen LogP contribution is -2.50. The van der Waals surface area contributed by atoms with Crippen LogP contribution in [-0.4, -0.2) is 63.1 Å². The summed E-state index contributed by atoms with van der Waals surface area (Å²) < 4.78 is 38.0. The SMILES string of the molecule is CCOC(=O)N1CCN(S(=O)(=O)c2cc(CC)ccc2OCC)CC1. The molecule has 1 aliphatic rings. The van der Waals surface area contributed by atoms with E-state index in [1.165, 1.54) is 9.21 Å². The normalized spacial score (nSPS) is 15.9. The lowest BCUT2D eigenvalue weighted by molar-refractivity contribution is 0.0933. The van der Waals surface area contributed by atoms with Crippen molar-refractivity contribution in [2.75, 3.05) is 39.4 Å². The minimum Gasteiger partial charge on any atom is -0.492 e. The first-order chi connectivity index (χ1) is 11.9. The van der Waals surface area contributed by atoms with Gasteiger partial charge in [-0.25, -0.2) is 13.2 Å². The van der Waals surface area contributed by atoms with E-state index in [0.29, 0.717) is 32.1 Å². The molecule has 0 aromatic heterocycles. The first kappa shape index (κ1) is 19.5. The maximum Gasteiger partial charge on any atom is 0.409 e. The number of carbonyl (C=O) groups excluding carboxylic acids is 1. The van der Waals surface area contributed by atoms with E-state index in [9.17, 15) is 13.2 Å². The van der Waals surface area contributed by atoms with Gasteiger partial charge < -0.3 is 14.4 Å². The smallest absolute Gasteiger partial charge is 0.409 e. The van der Waals surface area contributed by atoms with Crippen LogP contribution in [0.5, 0.6) is 5.75 Å². The molecule has 1 aliphatic heterocycles. The lowest BCUT2D eigenvalue weighted by Gasteiger charge is -2.33. The van der Waals surface area contributed by atoms with E-state index in [4.69, 9.17) is 9.47 Å². The highest BCUT2D eigenvalue weighted by Gasteiger charge is 2.32. The predicted octanol–water partition coefficient (Wildman–Crippen LogP) is 2.11. The standard InChI is InChI=1S/C17H26N2O5S/c1-4-14-7-8-15(23-5-2)16(13-14)25(21,22)19-11-9-18(10-12-19)17(20)24-6-3/h7-8,13H,4-6,9-12H2,1-3H3. The van der Waals surface area contributed by atoms with Crippen molar-refractivity contribution in [2.45, 2.75) is 32.1 Å². The monoisotopic (exact) mass is 370 g/mol. The largest absolute Gasteiger partial charge is 0.492 e. The first-order valence-corrected chi connectivity index (χ1v) is 10.1. The van der Waals surface area contributed by atoms with Crippen molar-refractivity contribution >= 4 is 16.1 Å². The fourth-order valence-corrected chi connectivity index (χ4v) is 4.32. The minimum absolute atomic E-state index is 0.193. The van der Waals surface area contributed by atoms with E-state index in [0.717, 1.165) is 12.0 Å². The number of nitrogens with zero attached hydrogens (tertiary/aromatic N) is 2. The van der Waals surface area contributed by atoms with Gasteiger partial charge in [-0.3, -0.25) is 0 Å². The Balaban J connectivity index is 2.21. The molecule has 140 valence electrons. The summed E-state index contributed by atoms with van der Waals surface area (Å²) in [5, 5.41) is 0. The molecule has 0 saturated carbocycles. The second kappa shape index (κ2) is 8.53. The summed E-state index contributed by atoms with van der Waals surface area (Å²) in [7, 11) is -3.68. The van der Waals surface area contributed by atoms with E-state index in [1.54, 1.807) is 19.1 Å². The van der Waals surface area contributed by atoms with Gasteiger partial charge in [0.05, 0.1) is 13.2 Å². The topological polar surface area (TPSA) is 76.2 Å². The molecule has 0 bridgehead atoms. The van der Waals surface area contributed by atoms with Gasteiger partial charge in [-0.2, -0.15) is 4.31 Å². The van der Waals surface area contributed by atoms with Crippen LogP contribution in [0.4, 0.5) is 4.79 Å². The minimum atomic E-state index is -3.68. The molecule has 8 heteroatoms. The van der Waals surface area contributed by atoms with Gasteiger partial charge in [0.1, 0.15) is 10.6 Å². The van der Waals surface area contributed by atoms with E-state index < -0.39 is 16.1 Å². The van der Waals surface area contributed by atoms with Crippen LogP contribution < -0.4 is 4.74 Å². The van der Waals surface area contributed by atoms with Crippen LogP contribution >= 0.6 is 0 Å². The Morgan fingerprint density at radius 3 is 2.32 bits per heavy atom. The molecular formula is C17H26N2O5S. The maximum atomic E-state index is 13.1. The first-order valence-electron chi connectivity index (χ1n) is 8.61. The van der Waals surface area contributed by atoms with Crippen LogP contribution in [0, 0.1) is 0 Å². The molecular weight excluding hydrogens is 344 g/mol. The van der Waals surface area contributed by atoms with Gasteiger partial charge in [0.25, 0.3) is 0 Å². The number of benzene rings is 1. The number of sulfonamides is 1. The van der Waals surface area contributed by atoms with Crippen LogP contribution in [0.1, 0.15) is 26.3 Å². The number of carbonyl (C=O) groups is 1. The average molecular weight is 370 g/mol. The van der Waals surface area contributed by atoms with Crippen molar-refractivity contribution in [2.24, 2.45) is 0 Å². The summed E-state index contributed by atoms with van der Waals surface area (Å²) in [6, 6.07) is 5.27. The summed E-state index contributed by atoms with van der Waals surface area (Å²) in [6.45, 7) is 7.35. The molecule has 0 radical (unpaired) electrons. The maximum absolute atomic E-state index is 13.1. The van der Waals surface area contributed by atoms with Gasteiger partial charge in [-0.1, -0.05) is 13.0 Å². The predicted molar refractivity (Wildman–Crippen MR) is 94.3 cm³/mol. The second-order valence-corrected chi connectivity index (χ2v) is 7.56. The van der Waals surface area contributed by atoms with E-state index in [1.807, 2.05) is 19.9 Å². The van der Waals surface area contributed by atoms with Crippen LogP contribution in [0.2, 0.25) is 0 Å². The molecule has 0 atom stereocenters. The molecule has 2 rings (SSSR count). The summed E-state index contributed by atoms with van der Waals surface area (Å²) in [6.07, 6.45) is 0.341. The Morgan fingerprint density at radius 1 is 1.08 bits per heavy atom. The average Bonchev–Trinajstić information content (AvgIpc) is 2.62. The van der Waals surface area contributed by atoms with E-state index in [2.05, 4.69) is 0 Å². The summed E-state index contributed by atoms with van der Waals surface area (Å²) in [5.41, 5.74) is 0.937. The highest BCUT2D eigenvalue weighted by Crippen LogP contribution is 2.29. The molecule has 0 spiro atoms. The second-order valence-electron chi connectivity index (χ2n) is 5.66. The summed E-state index contributed by atoms with van der Waals surface area (Å²) in [4.78, 5) is 13.5. The number of amides is 1. The van der Waals surface area contributed by atoms with Crippen LogP contribution in [0.25, 0.3) is 0 Å². The Morgan fingerprint density at radius 2 is 1.76 bits per heavy atom. The Hall–Kier alpha value is -1.80. The lowest BCUT2D eigenvalue weighted by atomic mass is 10.2. The molecule has 0 unspecified atom stereocenters.